The molecule has 1 aromatic heterocycles. The van der Waals surface area contributed by atoms with Gasteiger partial charge in [0.25, 0.3) is 0 Å². The second kappa shape index (κ2) is 7.76. The van der Waals surface area contributed by atoms with Gasteiger partial charge in [-0.2, -0.15) is 5.10 Å². The molecule has 0 N–H and O–H groups in total. The summed E-state index contributed by atoms with van der Waals surface area (Å²) in [7, 11) is 1.81. The first-order valence-corrected chi connectivity index (χ1v) is 9.05. The zero-order chi connectivity index (χ0) is 17.8. The van der Waals surface area contributed by atoms with Crippen LogP contribution in [0.1, 0.15) is 49.4 Å². The van der Waals surface area contributed by atoms with Gasteiger partial charge >= 0.3 is 0 Å². The topological polar surface area (TPSA) is 67.6 Å². The smallest absolute Gasteiger partial charge is 0.222 e. The fourth-order valence-corrected chi connectivity index (χ4v) is 3.72. The molecule has 0 spiro atoms. The van der Waals surface area contributed by atoms with Crippen LogP contribution in [0.25, 0.3) is 0 Å². The number of hydrogen-bond donors (Lipinski definition) is 0. The second-order valence-electron chi connectivity index (χ2n) is 7.09. The molecule has 2 atom stereocenters. The van der Waals surface area contributed by atoms with Gasteiger partial charge in [-0.25, -0.2) is 0 Å². The van der Waals surface area contributed by atoms with Crippen LogP contribution in [0.15, 0.2) is 29.0 Å². The zero-order valence-corrected chi connectivity index (χ0v) is 15.0. The highest BCUT2D eigenvalue weighted by atomic mass is 16.2. The Labute approximate surface area is 148 Å². The summed E-state index contributed by atoms with van der Waals surface area (Å²) in [6.07, 6.45) is 11.1. The molecule has 6 nitrogen and oxygen atoms in total. The first-order valence-electron chi connectivity index (χ1n) is 9.05. The van der Waals surface area contributed by atoms with Crippen molar-refractivity contribution < 1.29 is 9.59 Å². The summed E-state index contributed by atoms with van der Waals surface area (Å²) >= 11 is 0. The Balaban J connectivity index is 1.47. The van der Waals surface area contributed by atoms with Crippen LogP contribution >= 0.6 is 0 Å². The molecule has 1 fully saturated rings. The van der Waals surface area contributed by atoms with E-state index in [9.17, 15) is 9.59 Å². The van der Waals surface area contributed by atoms with Gasteiger partial charge in [0, 0.05) is 44.4 Å². The molecule has 2 aliphatic rings. The molecular weight excluding hydrogens is 316 g/mol. The van der Waals surface area contributed by atoms with Crippen molar-refractivity contribution in [1.29, 1.82) is 0 Å². The van der Waals surface area contributed by atoms with Gasteiger partial charge in [-0.3, -0.25) is 19.3 Å². The molecule has 0 bridgehead atoms. The Bertz CT molecular complexity index is 704. The largest absolute Gasteiger partial charge is 0.340 e. The standard InChI is InChI=1S/C19H26N4O2/c1-14-10-16(19(25)17-12-21-22(2)13-17)7-9-23(14)18(24)5-3-4-15-6-8-20-11-15/h6,8,12-14,16H,3-5,7,9-11H2,1-2H3. The number of Topliss-reactive ketones (excluding diaryl/α,β-unsaturated/α-hetero) is 1. The van der Waals surface area contributed by atoms with Crippen molar-refractivity contribution in [2.45, 2.75) is 45.1 Å². The minimum atomic E-state index is -0.0101. The van der Waals surface area contributed by atoms with E-state index >= 15 is 0 Å². The van der Waals surface area contributed by atoms with Gasteiger partial charge in [0.1, 0.15) is 0 Å². The van der Waals surface area contributed by atoms with Gasteiger partial charge in [-0.1, -0.05) is 0 Å². The molecule has 2 unspecified atom stereocenters. The molecule has 1 amide bonds. The third kappa shape index (κ3) is 4.24. The first kappa shape index (κ1) is 17.6. The number of aliphatic imine (C=N–C) groups is 1. The SMILES string of the molecule is CC1CC(C(=O)c2cnn(C)c2)CCN1C(=O)CCCC1=CC=NC1. The van der Waals surface area contributed by atoms with E-state index in [1.165, 1.54) is 5.57 Å². The fourth-order valence-electron chi connectivity index (χ4n) is 3.72. The van der Waals surface area contributed by atoms with Crippen LogP contribution in [-0.2, 0) is 11.8 Å². The van der Waals surface area contributed by atoms with E-state index < -0.39 is 0 Å². The molecular formula is C19H26N4O2. The van der Waals surface area contributed by atoms with E-state index in [0.717, 1.165) is 32.2 Å². The van der Waals surface area contributed by atoms with Crippen molar-refractivity contribution in [3.8, 4) is 0 Å². The number of amides is 1. The highest BCUT2D eigenvalue weighted by molar-refractivity contribution is 5.97. The number of ketones is 1. The number of rotatable bonds is 6. The molecule has 0 aliphatic carbocycles. The van der Waals surface area contributed by atoms with Crippen LogP contribution in [0.3, 0.4) is 0 Å². The lowest BCUT2D eigenvalue weighted by Gasteiger charge is -2.37. The Morgan fingerprint density at radius 1 is 1.36 bits per heavy atom. The van der Waals surface area contributed by atoms with Crippen LogP contribution < -0.4 is 0 Å². The van der Waals surface area contributed by atoms with Crippen LogP contribution in [0, 0.1) is 5.92 Å². The van der Waals surface area contributed by atoms with Gasteiger partial charge in [0.15, 0.2) is 5.78 Å². The lowest BCUT2D eigenvalue weighted by molar-refractivity contribution is -0.135. The summed E-state index contributed by atoms with van der Waals surface area (Å²) in [5, 5.41) is 4.08. The van der Waals surface area contributed by atoms with Crippen molar-refractivity contribution in [3.05, 3.63) is 29.6 Å². The van der Waals surface area contributed by atoms with Crippen molar-refractivity contribution >= 4 is 17.9 Å². The maximum Gasteiger partial charge on any atom is 0.222 e. The Hall–Kier alpha value is -2.24. The number of carbonyl (C=O) groups is 2. The van der Waals surface area contributed by atoms with Crippen LogP contribution in [-0.4, -0.2) is 51.7 Å². The van der Waals surface area contributed by atoms with E-state index in [4.69, 9.17) is 0 Å². The predicted molar refractivity (Wildman–Crippen MR) is 96.7 cm³/mol. The summed E-state index contributed by atoms with van der Waals surface area (Å²) in [4.78, 5) is 31.2. The van der Waals surface area contributed by atoms with E-state index in [-0.39, 0.29) is 23.7 Å². The molecule has 3 rings (SSSR count). The number of nitrogens with zero attached hydrogens (tertiary/aromatic N) is 4. The monoisotopic (exact) mass is 342 g/mol. The Morgan fingerprint density at radius 2 is 2.20 bits per heavy atom. The molecule has 1 aromatic rings. The minimum Gasteiger partial charge on any atom is -0.340 e. The van der Waals surface area contributed by atoms with Crippen LogP contribution in [0.5, 0.6) is 0 Å². The molecule has 134 valence electrons. The van der Waals surface area contributed by atoms with Gasteiger partial charge in [0.05, 0.1) is 18.3 Å². The summed E-state index contributed by atoms with van der Waals surface area (Å²) < 4.78 is 1.65. The summed E-state index contributed by atoms with van der Waals surface area (Å²) in [5.41, 5.74) is 1.98. The van der Waals surface area contributed by atoms with Crippen LogP contribution in [0.2, 0.25) is 0 Å². The average molecular weight is 342 g/mol. The van der Waals surface area contributed by atoms with Gasteiger partial charge in [-0.05, 0) is 44.3 Å². The molecule has 3 heterocycles. The molecule has 0 aromatic carbocycles. The molecule has 6 heteroatoms. The fraction of sp³-hybridized carbons (Fsp3) is 0.579. The van der Waals surface area contributed by atoms with Crippen molar-refractivity contribution in [2.24, 2.45) is 18.0 Å². The first-order chi connectivity index (χ1) is 12.0. The summed E-state index contributed by atoms with van der Waals surface area (Å²) in [5.74, 6) is 0.351. The molecule has 0 radical (unpaired) electrons. The number of piperidine rings is 1. The highest BCUT2D eigenvalue weighted by Gasteiger charge is 2.32. The van der Waals surface area contributed by atoms with E-state index in [0.29, 0.717) is 18.5 Å². The summed E-state index contributed by atoms with van der Waals surface area (Å²) in [6.45, 7) is 3.50. The maximum atomic E-state index is 12.6. The Kier molecular flexibility index (Phi) is 5.46. The summed E-state index contributed by atoms with van der Waals surface area (Å²) in [6, 6.07) is 0.112. The van der Waals surface area contributed by atoms with Crippen molar-refractivity contribution in [3.63, 3.8) is 0 Å². The highest BCUT2D eigenvalue weighted by Crippen LogP contribution is 2.27. The van der Waals surface area contributed by atoms with E-state index in [1.54, 1.807) is 17.1 Å². The van der Waals surface area contributed by atoms with Crippen molar-refractivity contribution in [1.82, 2.24) is 14.7 Å². The normalized spacial score (nSPS) is 23.0. The van der Waals surface area contributed by atoms with Crippen LogP contribution in [0.4, 0.5) is 0 Å². The van der Waals surface area contributed by atoms with E-state index in [2.05, 4.69) is 10.1 Å². The minimum absolute atomic E-state index is 0.0101. The predicted octanol–water partition coefficient (Wildman–Crippen LogP) is 2.41. The lowest BCUT2D eigenvalue weighted by Crippen LogP contribution is -2.46. The number of aryl methyl sites for hydroxylation is 1. The number of likely N-dealkylation sites (tertiary alicyclic amines) is 1. The van der Waals surface area contributed by atoms with Gasteiger partial charge in [-0.15, -0.1) is 0 Å². The van der Waals surface area contributed by atoms with Gasteiger partial charge in [0.2, 0.25) is 5.91 Å². The van der Waals surface area contributed by atoms with Gasteiger partial charge < -0.3 is 4.90 Å². The van der Waals surface area contributed by atoms with E-state index in [1.807, 2.05) is 31.2 Å². The zero-order valence-electron chi connectivity index (χ0n) is 15.0. The third-order valence-electron chi connectivity index (χ3n) is 5.16. The molecule has 0 saturated carbocycles. The maximum absolute atomic E-state index is 12.6. The number of aromatic nitrogens is 2. The number of carbonyl (C=O) groups excluding carboxylic acids is 2. The number of hydrogen-bond acceptors (Lipinski definition) is 4. The van der Waals surface area contributed by atoms with Crippen molar-refractivity contribution in [2.75, 3.05) is 13.1 Å². The molecule has 25 heavy (non-hydrogen) atoms. The quantitative estimate of drug-likeness (QED) is 0.746. The Morgan fingerprint density at radius 3 is 2.84 bits per heavy atom. The lowest BCUT2D eigenvalue weighted by atomic mass is 9.86. The second-order valence-corrected chi connectivity index (χ2v) is 7.09. The number of allylic oxidation sites excluding steroid dienone is 1. The molecule has 1 saturated heterocycles. The average Bonchev–Trinajstić information content (AvgIpc) is 3.25. The third-order valence-corrected chi connectivity index (χ3v) is 5.16. The molecule has 2 aliphatic heterocycles.